The third-order valence-corrected chi connectivity index (χ3v) is 6.13. The summed E-state index contributed by atoms with van der Waals surface area (Å²) in [5.74, 6) is 0.534. The second-order valence-electron chi connectivity index (χ2n) is 4.59. The van der Waals surface area contributed by atoms with Crippen LogP contribution >= 0.6 is 11.8 Å². The van der Waals surface area contributed by atoms with Crippen LogP contribution in [0.25, 0.3) is 0 Å². The molecule has 0 amide bonds. The van der Waals surface area contributed by atoms with E-state index in [9.17, 15) is 8.42 Å². The molecule has 7 heteroatoms. The zero-order chi connectivity index (χ0) is 15.3. The van der Waals surface area contributed by atoms with Crippen molar-refractivity contribution in [1.82, 2.24) is 4.31 Å². The highest BCUT2D eigenvalue weighted by atomic mass is 32.2. The number of para-hydroxylation sites is 1. The number of furan rings is 1. The van der Waals surface area contributed by atoms with Crippen LogP contribution in [0.1, 0.15) is 5.56 Å². The molecule has 0 saturated heterocycles. The van der Waals surface area contributed by atoms with Gasteiger partial charge in [-0.2, -0.15) is 0 Å². The summed E-state index contributed by atoms with van der Waals surface area (Å²) in [6, 6.07) is 9.20. The van der Waals surface area contributed by atoms with Crippen LogP contribution in [0.2, 0.25) is 0 Å². The summed E-state index contributed by atoms with van der Waals surface area (Å²) in [4.78, 5) is 0.908. The third-order valence-electron chi connectivity index (χ3n) is 2.98. The topological polar surface area (TPSA) is 76.5 Å². The molecule has 0 radical (unpaired) electrons. The van der Waals surface area contributed by atoms with Crippen molar-refractivity contribution in [3.8, 4) is 0 Å². The number of hydrogen-bond acceptors (Lipinski definition) is 5. The molecule has 1 aromatic heterocycles. The van der Waals surface area contributed by atoms with Crippen molar-refractivity contribution in [1.29, 1.82) is 0 Å². The largest absolute Gasteiger partial charge is 0.472 e. The molecule has 114 valence electrons. The number of thioether (sulfide) groups is 1. The molecule has 0 aliphatic carbocycles. The van der Waals surface area contributed by atoms with E-state index in [1.54, 1.807) is 19.4 Å². The Labute approximate surface area is 129 Å². The highest BCUT2D eigenvalue weighted by Crippen LogP contribution is 2.24. The number of rotatable bonds is 7. The SMILES string of the molecule is CN(Cc1ccoc1)S(=O)(=O)CCSc1ccccc1N. The lowest BCUT2D eigenvalue weighted by molar-refractivity contribution is 0.464. The maximum absolute atomic E-state index is 12.2. The smallest absolute Gasteiger partial charge is 0.214 e. The second kappa shape index (κ2) is 7.02. The first-order valence-electron chi connectivity index (χ1n) is 6.41. The number of hydrogen-bond donors (Lipinski definition) is 1. The van der Waals surface area contributed by atoms with Crippen LogP contribution in [0.3, 0.4) is 0 Å². The molecule has 0 aliphatic heterocycles. The van der Waals surface area contributed by atoms with E-state index >= 15 is 0 Å². The first kappa shape index (κ1) is 15.9. The van der Waals surface area contributed by atoms with Gasteiger partial charge >= 0.3 is 0 Å². The fraction of sp³-hybridized carbons (Fsp3) is 0.286. The van der Waals surface area contributed by atoms with E-state index in [4.69, 9.17) is 10.2 Å². The Morgan fingerprint density at radius 3 is 2.71 bits per heavy atom. The average Bonchev–Trinajstić information content (AvgIpc) is 2.93. The number of nitrogen functional groups attached to an aromatic ring is 1. The van der Waals surface area contributed by atoms with Crippen molar-refractivity contribution in [2.45, 2.75) is 11.4 Å². The Hall–Kier alpha value is -1.44. The predicted octanol–water partition coefficient (Wildman–Crippen LogP) is 2.42. The van der Waals surface area contributed by atoms with Gasteiger partial charge in [0.2, 0.25) is 10.0 Å². The van der Waals surface area contributed by atoms with Crippen LogP contribution in [-0.2, 0) is 16.6 Å². The van der Waals surface area contributed by atoms with E-state index in [-0.39, 0.29) is 5.75 Å². The molecule has 5 nitrogen and oxygen atoms in total. The molecule has 2 N–H and O–H groups in total. The van der Waals surface area contributed by atoms with Gasteiger partial charge < -0.3 is 10.2 Å². The zero-order valence-corrected chi connectivity index (χ0v) is 13.4. The molecule has 0 unspecified atom stereocenters. The van der Waals surface area contributed by atoms with Crippen LogP contribution in [0.15, 0.2) is 52.2 Å². The normalized spacial score (nSPS) is 11.9. The minimum Gasteiger partial charge on any atom is -0.472 e. The van der Waals surface area contributed by atoms with E-state index in [0.29, 0.717) is 18.0 Å². The van der Waals surface area contributed by atoms with Crippen LogP contribution in [0.4, 0.5) is 5.69 Å². The lowest BCUT2D eigenvalue weighted by atomic mass is 10.3. The van der Waals surface area contributed by atoms with E-state index in [1.807, 2.05) is 24.3 Å². The minimum absolute atomic E-state index is 0.0698. The lowest BCUT2D eigenvalue weighted by Gasteiger charge is -2.16. The van der Waals surface area contributed by atoms with Crippen LogP contribution < -0.4 is 5.73 Å². The van der Waals surface area contributed by atoms with Crippen molar-refractivity contribution >= 4 is 27.5 Å². The summed E-state index contributed by atoms with van der Waals surface area (Å²) >= 11 is 1.45. The minimum atomic E-state index is -3.29. The van der Waals surface area contributed by atoms with Crippen LogP contribution in [0.5, 0.6) is 0 Å². The lowest BCUT2D eigenvalue weighted by Crippen LogP contribution is -2.29. The van der Waals surface area contributed by atoms with Gasteiger partial charge in [-0.1, -0.05) is 12.1 Å². The zero-order valence-electron chi connectivity index (χ0n) is 11.7. The van der Waals surface area contributed by atoms with Gasteiger partial charge in [-0.25, -0.2) is 12.7 Å². The Balaban J connectivity index is 1.88. The number of sulfonamides is 1. The highest BCUT2D eigenvalue weighted by molar-refractivity contribution is 8.00. The van der Waals surface area contributed by atoms with Crippen LogP contribution in [0, 0.1) is 0 Å². The Morgan fingerprint density at radius 1 is 1.29 bits per heavy atom. The van der Waals surface area contributed by atoms with Gasteiger partial charge in [0.1, 0.15) is 0 Å². The summed E-state index contributed by atoms with van der Waals surface area (Å²) < 4.78 is 30.6. The Morgan fingerprint density at radius 2 is 2.05 bits per heavy atom. The Bertz CT molecular complexity index is 669. The molecule has 0 bridgehead atoms. The number of nitrogens with two attached hydrogens (primary N) is 1. The number of benzene rings is 1. The monoisotopic (exact) mass is 326 g/mol. The summed E-state index contributed by atoms with van der Waals surface area (Å²) in [5.41, 5.74) is 7.34. The maximum Gasteiger partial charge on any atom is 0.214 e. The van der Waals surface area contributed by atoms with Crippen LogP contribution in [-0.4, -0.2) is 31.3 Å². The van der Waals surface area contributed by atoms with Gasteiger partial charge in [0.25, 0.3) is 0 Å². The molecule has 2 rings (SSSR count). The number of anilines is 1. The van der Waals surface area contributed by atoms with Crippen molar-refractivity contribution in [2.24, 2.45) is 0 Å². The molecule has 0 spiro atoms. The van der Waals surface area contributed by atoms with Crippen molar-refractivity contribution < 1.29 is 12.8 Å². The molecule has 0 saturated carbocycles. The Kier molecular flexibility index (Phi) is 5.33. The van der Waals surface area contributed by atoms with E-state index < -0.39 is 10.0 Å². The molecule has 0 aliphatic rings. The first-order valence-corrected chi connectivity index (χ1v) is 9.01. The van der Waals surface area contributed by atoms with Gasteiger partial charge in [0, 0.05) is 35.5 Å². The molecule has 1 heterocycles. The standard InChI is InChI=1S/C14H18N2O3S2/c1-16(10-12-6-7-19-11-12)21(17,18)9-8-20-14-5-3-2-4-13(14)15/h2-7,11H,8-10,15H2,1H3. The molecule has 1 aromatic carbocycles. The molecule has 21 heavy (non-hydrogen) atoms. The molecule has 2 aromatic rings. The third kappa shape index (κ3) is 4.52. The van der Waals surface area contributed by atoms with Crippen molar-refractivity contribution in [3.05, 3.63) is 48.4 Å². The maximum atomic E-state index is 12.2. The second-order valence-corrected chi connectivity index (χ2v) is 7.92. The van der Waals surface area contributed by atoms with Crippen molar-refractivity contribution in [2.75, 3.05) is 24.3 Å². The molecule has 0 fully saturated rings. The first-order chi connectivity index (χ1) is 9.99. The quantitative estimate of drug-likeness (QED) is 0.624. The molecule has 0 atom stereocenters. The fourth-order valence-corrected chi connectivity index (χ4v) is 4.23. The van der Waals surface area contributed by atoms with E-state index in [1.165, 1.54) is 22.3 Å². The average molecular weight is 326 g/mol. The van der Waals surface area contributed by atoms with Gasteiger partial charge in [-0.05, 0) is 18.2 Å². The summed E-state index contributed by atoms with van der Waals surface area (Å²) in [7, 11) is -1.72. The van der Waals surface area contributed by atoms with Crippen molar-refractivity contribution in [3.63, 3.8) is 0 Å². The van der Waals surface area contributed by atoms with Gasteiger partial charge in [-0.3, -0.25) is 0 Å². The van der Waals surface area contributed by atoms with Gasteiger partial charge in [0.05, 0.1) is 18.3 Å². The van der Waals surface area contributed by atoms with E-state index in [0.717, 1.165) is 10.5 Å². The summed E-state index contributed by atoms with van der Waals surface area (Å²) in [6.45, 7) is 0.316. The highest BCUT2D eigenvalue weighted by Gasteiger charge is 2.18. The molecular formula is C14H18N2O3S2. The summed E-state index contributed by atoms with van der Waals surface area (Å²) in [5, 5.41) is 0. The summed E-state index contributed by atoms with van der Waals surface area (Å²) in [6.07, 6.45) is 3.08. The van der Waals surface area contributed by atoms with E-state index in [2.05, 4.69) is 0 Å². The molecular weight excluding hydrogens is 308 g/mol. The predicted molar refractivity (Wildman–Crippen MR) is 85.5 cm³/mol. The van der Waals surface area contributed by atoms with Gasteiger partial charge in [-0.15, -0.1) is 11.8 Å². The number of nitrogens with zero attached hydrogens (tertiary/aromatic N) is 1. The van der Waals surface area contributed by atoms with Gasteiger partial charge in [0.15, 0.2) is 0 Å². The fourth-order valence-electron chi connectivity index (χ4n) is 1.76.